The van der Waals surface area contributed by atoms with Crippen LogP contribution in [0.2, 0.25) is 0 Å². The van der Waals surface area contributed by atoms with Crippen molar-refractivity contribution in [1.82, 2.24) is 14.9 Å². The van der Waals surface area contributed by atoms with E-state index >= 15 is 0 Å². The Labute approximate surface area is 169 Å². The fraction of sp³-hybridized carbons (Fsp3) is 0.167. The van der Waals surface area contributed by atoms with Crippen molar-refractivity contribution in [3.05, 3.63) is 102 Å². The van der Waals surface area contributed by atoms with E-state index < -0.39 is 0 Å². The van der Waals surface area contributed by atoms with Gasteiger partial charge < -0.3 is 9.88 Å². The molecule has 0 saturated heterocycles. The number of aromatic nitrogens is 2. The zero-order chi connectivity index (χ0) is 20.1. The maximum atomic E-state index is 13.2. The Balaban J connectivity index is 1.45. The number of rotatable bonds is 7. The molecule has 0 radical (unpaired) electrons. The second-order valence-electron chi connectivity index (χ2n) is 6.95. The van der Waals surface area contributed by atoms with Gasteiger partial charge in [-0.1, -0.05) is 42.5 Å². The quantitative estimate of drug-likeness (QED) is 0.472. The average molecular weight is 387 g/mol. The first-order valence-electron chi connectivity index (χ1n) is 9.72. The molecule has 0 aliphatic heterocycles. The van der Waals surface area contributed by atoms with Crippen LogP contribution in [0.25, 0.3) is 11.0 Å². The van der Waals surface area contributed by atoms with E-state index in [4.69, 9.17) is 4.98 Å². The SMILES string of the molecule is O=C(NCCCc1nc2ccccc2n1Cc1ccc(F)cc1)c1ccccc1. The first kappa shape index (κ1) is 18.9. The van der Waals surface area contributed by atoms with Crippen LogP contribution in [0.4, 0.5) is 4.39 Å². The van der Waals surface area contributed by atoms with Crippen LogP contribution in [0.3, 0.4) is 0 Å². The average Bonchev–Trinajstić information content (AvgIpc) is 3.10. The maximum absolute atomic E-state index is 13.2. The fourth-order valence-electron chi connectivity index (χ4n) is 3.41. The van der Waals surface area contributed by atoms with Crippen molar-refractivity contribution in [3.63, 3.8) is 0 Å². The maximum Gasteiger partial charge on any atom is 0.251 e. The molecule has 0 spiro atoms. The summed E-state index contributed by atoms with van der Waals surface area (Å²) in [6, 6.07) is 23.8. The van der Waals surface area contributed by atoms with E-state index in [9.17, 15) is 9.18 Å². The van der Waals surface area contributed by atoms with Crippen LogP contribution in [0, 0.1) is 5.82 Å². The molecule has 3 aromatic carbocycles. The zero-order valence-electron chi connectivity index (χ0n) is 16.0. The van der Waals surface area contributed by atoms with Crippen LogP contribution >= 0.6 is 0 Å². The highest BCUT2D eigenvalue weighted by atomic mass is 19.1. The number of halogens is 1. The van der Waals surface area contributed by atoms with Crippen molar-refractivity contribution in [1.29, 1.82) is 0 Å². The minimum atomic E-state index is -0.237. The second-order valence-corrected chi connectivity index (χ2v) is 6.95. The molecule has 4 rings (SSSR count). The Kier molecular flexibility index (Phi) is 5.66. The van der Waals surface area contributed by atoms with Crippen LogP contribution < -0.4 is 5.32 Å². The monoisotopic (exact) mass is 387 g/mol. The van der Waals surface area contributed by atoms with Gasteiger partial charge in [-0.05, 0) is 48.4 Å². The van der Waals surface area contributed by atoms with Crippen molar-refractivity contribution < 1.29 is 9.18 Å². The molecule has 0 aliphatic rings. The van der Waals surface area contributed by atoms with Gasteiger partial charge in [0.05, 0.1) is 11.0 Å². The number of para-hydroxylation sites is 2. The van der Waals surface area contributed by atoms with Crippen LogP contribution in [0.15, 0.2) is 78.9 Å². The molecule has 1 N–H and O–H groups in total. The lowest BCUT2D eigenvalue weighted by Gasteiger charge is -2.10. The molecule has 0 unspecified atom stereocenters. The van der Waals surface area contributed by atoms with Crippen molar-refractivity contribution in [3.8, 4) is 0 Å². The van der Waals surface area contributed by atoms with E-state index in [0.29, 0.717) is 18.7 Å². The third-order valence-electron chi connectivity index (χ3n) is 4.89. The Morgan fingerprint density at radius 2 is 1.66 bits per heavy atom. The van der Waals surface area contributed by atoms with E-state index in [1.165, 1.54) is 12.1 Å². The topological polar surface area (TPSA) is 46.9 Å². The number of fused-ring (bicyclic) bond motifs is 1. The van der Waals surface area contributed by atoms with Crippen molar-refractivity contribution in [2.45, 2.75) is 19.4 Å². The Morgan fingerprint density at radius 3 is 2.45 bits per heavy atom. The number of amides is 1. The number of nitrogens with one attached hydrogen (secondary N) is 1. The lowest BCUT2D eigenvalue weighted by Crippen LogP contribution is -2.24. The predicted molar refractivity (Wildman–Crippen MR) is 112 cm³/mol. The molecule has 1 heterocycles. The number of hydrogen-bond acceptors (Lipinski definition) is 2. The summed E-state index contributed by atoms with van der Waals surface area (Å²) in [5, 5.41) is 2.96. The summed E-state index contributed by atoms with van der Waals surface area (Å²) in [5.41, 5.74) is 3.68. The molecule has 146 valence electrons. The van der Waals surface area contributed by atoms with E-state index in [-0.39, 0.29) is 11.7 Å². The first-order valence-corrected chi connectivity index (χ1v) is 9.72. The Hall–Kier alpha value is -3.47. The number of nitrogens with zero attached hydrogens (tertiary/aromatic N) is 2. The van der Waals surface area contributed by atoms with E-state index in [1.54, 1.807) is 24.3 Å². The number of hydrogen-bond donors (Lipinski definition) is 1. The van der Waals surface area contributed by atoms with Crippen LogP contribution in [-0.4, -0.2) is 22.0 Å². The molecule has 0 bridgehead atoms. The Morgan fingerprint density at radius 1 is 0.931 bits per heavy atom. The van der Waals surface area contributed by atoms with Crippen LogP contribution in [-0.2, 0) is 13.0 Å². The standard InChI is InChI=1S/C24H22FN3O/c25-20-14-12-18(13-15-20)17-28-22-10-5-4-9-21(22)27-23(28)11-6-16-26-24(29)19-7-2-1-3-8-19/h1-5,7-10,12-15H,6,11,16-17H2,(H,26,29). The third kappa shape index (κ3) is 4.51. The van der Waals surface area contributed by atoms with Crippen molar-refractivity contribution in [2.75, 3.05) is 6.54 Å². The number of carbonyl (C=O) groups is 1. The summed E-state index contributed by atoms with van der Waals surface area (Å²) in [5.74, 6) is 0.661. The number of carbonyl (C=O) groups excluding carboxylic acids is 1. The zero-order valence-corrected chi connectivity index (χ0v) is 16.0. The molecule has 5 heteroatoms. The molecular weight excluding hydrogens is 365 g/mol. The smallest absolute Gasteiger partial charge is 0.251 e. The summed E-state index contributed by atoms with van der Waals surface area (Å²) in [7, 11) is 0. The molecule has 0 saturated carbocycles. The molecule has 0 atom stereocenters. The van der Waals surface area contributed by atoms with Gasteiger partial charge in [-0.25, -0.2) is 9.37 Å². The van der Waals surface area contributed by atoms with Gasteiger partial charge in [0.1, 0.15) is 11.6 Å². The first-order chi connectivity index (χ1) is 14.2. The minimum Gasteiger partial charge on any atom is -0.352 e. The summed E-state index contributed by atoms with van der Waals surface area (Å²) < 4.78 is 15.4. The molecular formula is C24H22FN3O. The number of aryl methyl sites for hydroxylation is 1. The molecule has 1 aromatic heterocycles. The van der Waals surface area contributed by atoms with Gasteiger partial charge in [0.2, 0.25) is 0 Å². The second kappa shape index (κ2) is 8.69. The lowest BCUT2D eigenvalue weighted by atomic mass is 10.2. The van der Waals surface area contributed by atoms with E-state index in [2.05, 4.69) is 9.88 Å². The summed E-state index contributed by atoms with van der Waals surface area (Å²) in [4.78, 5) is 16.9. The van der Waals surface area contributed by atoms with Crippen LogP contribution in [0.5, 0.6) is 0 Å². The molecule has 0 aliphatic carbocycles. The molecule has 4 nitrogen and oxygen atoms in total. The largest absolute Gasteiger partial charge is 0.352 e. The summed E-state index contributed by atoms with van der Waals surface area (Å²) in [6.45, 7) is 1.21. The van der Waals surface area contributed by atoms with E-state index in [1.807, 2.05) is 42.5 Å². The van der Waals surface area contributed by atoms with Gasteiger partial charge in [-0.2, -0.15) is 0 Å². The highest BCUT2D eigenvalue weighted by molar-refractivity contribution is 5.94. The summed E-state index contributed by atoms with van der Waals surface area (Å²) in [6.07, 6.45) is 1.52. The highest BCUT2D eigenvalue weighted by Gasteiger charge is 2.11. The molecule has 0 fully saturated rings. The lowest BCUT2D eigenvalue weighted by molar-refractivity contribution is 0.0953. The number of imidazole rings is 1. The third-order valence-corrected chi connectivity index (χ3v) is 4.89. The summed E-state index contributed by atoms with van der Waals surface area (Å²) >= 11 is 0. The van der Waals surface area contributed by atoms with Gasteiger partial charge in [-0.15, -0.1) is 0 Å². The van der Waals surface area contributed by atoms with Gasteiger partial charge in [-0.3, -0.25) is 4.79 Å². The highest BCUT2D eigenvalue weighted by Crippen LogP contribution is 2.19. The van der Waals surface area contributed by atoms with Gasteiger partial charge in [0.25, 0.3) is 5.91 Å². The van der Waals surface area contributed by atoms with Crippen molar-refractivity contribution in [2.24, 2.45) is 0 Å². The fourth-order valence-corrected chi connectivity index (χ4v) is 3.41. The molecule has 1 amide bonds. The normalized spacial score (nSPS) is 10.9. The molecule has 4 aromatic rings. The van der Waals surface area contributed by atoms with Crippen LogP contribution in [0.1, 0.15) is 28.2 Å². The van der Waals surface area contributed by atoms with Gasteiger partial charge in [0, 0.05) is 25.1 Å². The minimum absolute atomic E-state index is 0.0644. The molecule has 29 heavy (non-hydrogen) atoms. The van der Waals surface area contributed by atoms with Gasteiger partial charge in [0.15, 0.2) is 0 Å². The van der Waals surface area contributed by atoms with Gasteiger partial charge >= 0.3 is 0 Å². The number of benzene rings is 3. The van der Waals surface area contributed by atoms with Crippen molar-refractivity contribution >= 4 is 16.9 Å². The van der Waals surface area contributed by atoms with E-state index in [0.717, 1.165) is 35.3 Å². The Bertz CT molecular complexity index is 1100. The predicted octanol–water partition coefficient (Wildman–Crippen LogP) is 4.59.